The second kappa shape index (κ2) is 12.2. The van der Waals surface area contributed by atoms with Crippen molar-refractivity contribution in [3.63, 3.8) is 0 Å². The molecule has 0 spiro atoms. The molecule has 1 aromatic carbocycles. The van der Waals surface area contributed by atoms with Gasteiger partial charge in [-0.3, -0.25) is 4.79 Å². The van der Waals surface area contributed by atoms with Gasteiger partial charge in [0.05, 0.1) is 24.9 Å². The van der Waals surface area contributed by atoms with Gasteiger partial charge in [-0.2, -0.15) is 0 Å². The molecule has 1 aromatic rings. The van der Waals surface area contributed by atoms with Crippen molar-refractivity contribution in [3.8, 4) is 5.75 Å². The number of aliphatic hydroxyl groups excluding tert-OH is 2. The van der Waals surface area contributed by atoms with Crippen LogP contribution in [0.4, 0.5) is 0 Å². The fraction of sp³-hybridized carbons (Fsp3) is 0.577. The number of rotatable bonds is 10. The number of hydrogen-bond acceptors (Lipinski definition) is 6. The molecule has 0 radical (unpaired) electrons. The average Bonchev–Trinajstić information content (AvgIpc) is 2.92. The molecule has 1 fully saturated rings. The van der Waals surface area contributed by atoms with E-state index >= 15 is 0 Å². The minimum absolute atomic E-state index is 0.00276. The highest BCUT2D eigenvalue weighted by Gasteiger charge is 2.42. The number of carbonyl (C=O) groups excluding carboxylic acids is 1. The van der Waals surface area contributed by atoms with Crippen LogP contribution in [-0.2, 0) is 14.3 Å². The molecule has 3 rings (SSSR count). The molecule has 0 unspecified atom stereocenters. The summed E-state index contributed by atoms with van der Waals surface area (Å²) in [5.74, 6) is 0.665. The molecule has 0 aromatic heterocycles. The smallest absolute Gasteiger partial charge is 0.306 e. The molecule has 1 aliphatic heterocycles. The highest BCUT2D eigenvalue weighted by Crippen LogP contribution is 2.40. The summed E-state index contributed by atoms with van der Waals surface area (Å²) in [6, 6.07) is 9.38. The molecule has 1 aliphatic carbocycles. The molecule has 32 heavy (non-hydrogen) atoms. The van der Waals surface area contributed by atoms with Crippen molar-refractivity contribution in [3.05, 3.63) is 54.1 Å². The van der Waals surface area contributed by atoms with E-state index in [4.69, 9.17) is 14.2 Å². The Morgan fingerprint density at radius 3 is 2.81 bits per heavy atom. The van der Waals surface area contributed by atoms with E-state index in [0.29, 0.717) is 25.2 Å². The first-order valence-corrected chi connectivity index (χ1v) is 11.6. The monoisotopic (exact) mass is 444 g/mol. The van der Waals surface area contributed by atoms with Crippen LogP contribution in [0.3, 0.4) is 0 Å². The van der Waals surface area contributed by atoms with Gasteiger partial charge in [-0.1, -0.05) is 36.4 Å². The second-order valence-electron chi connectivity index (χ2n) is 8.96. The van der Waals surface area contributed by atoms with Gasteiger partial charge < -0.3 is 24.4 Å². The first-order valence-electron chi connectivity index (χ1n) is 11.6. The van der Waals surface area contributed by atoms with E-state index in [1.165, 1.54) is 5.57 Å². The van der Waals surface area contributed by atoms with E-state index in [1.807, 2.05) is 50.3 Å². The molecule has 2 N–H and O–H groups in total. The van der Waals surface area contributed by atoms with Gasteiger partial charge in [0, 0.05) is 18.8 Å². The van der Waals surface area contributed by atoms with Gasteiger partial charge in [0.2, 0.25) is 0 Å². The molecule has 0 saturated heterocycles. The minimum Gasteiger partial charge on any atom is -0.491 e. The summed E-state index contributed by atoms with van der Waals surface area (Å²) in [7, 11) is 0. The van der Waals surface area contributed by atoms with Crippen LogP contribution in [0, 0.1) is 11.8 Å². The summed E-state index contributed by atoms with van der Waals surface area (Å²) in [5, 5.41) is 20.8. The van der Waals surface area contributed by atoms with Crippen LogP contribution in [0.2, 0.25) is 0 Å². The number of fused-ring (bicyclic) bond motifs is 1. The number of ether oxygens (including phenoxy) is 3. The molecule has 0 amide bonds. The largest absolute Gasteiger partial charge is 0.491 e. The molecule has 1 saturated carbocycles. The Hall–Kier alpha value is -2.15. The molecule has 2 aliphatic rings. The van der Waals surface area contributed by atoms with Crippen LogP contribution in [0.1, 0.15) is 46.0 Å². The van der Waals surface area contributed by atoms with E-state index < -0.39 is 12.2 Å². The van der Waals surface area contributed by atoms with Crippen LogP contribution in [0.15, 0.2) is 54.1 Å². The first kappa shape index (κ1) is 24.5. The molecule has 6 heteroatoms. The van der Waals surface area contributed by atoms with Gasteiger partial charge in [-0.05, 0) is 56.7 Å². The normalized spacial score (nSPS) is 26.5. The van der Waals surface area contributed by atoms with E-state index in [2.05, 4.69) is 6.08 Å². The van der Waals surface area contributed by atoms with E-state index in [-0.39, 0.29) is 36.6 Å². The summed E-state index contributed by atoms with van der Waals surface area (Å²) < 4.78 is 16.9. The van der Waals surface area contributed by atoms with Gasteiger partial charge in [0.15, 0.2) is 0 Å². The van der Waals surface area contributed by atoms with Gasteiger partial charge in [0.25, 0.3) is 0 Å². The maximum Gasteiger partial charge on any atom is 0.306 e. The van der Waals surface area contributed by atoms with Crippen LogP contribution in [0.25, 0.3) is 0 Å². The zero-order chi connectivity index (χ0) is 22.9. The highest BCUT2D eigenvalue weighted by atomic mass is 16.5. The van der Waals surface area contributed by atoms with Crippen molar-refractivity contribution >= 4 is 5.97 Å². The molecule has 5 atom stereocenters. The number of carbonyl (C=O) groups is 1. The Balaban J connectivity index is 1.48. The maximum atomic E-state index is 11.7. The van der Waals surface area contributed by atoms with Crippen LogP contribution < -0.4 is 4.74 Å². The lowest BCUT2D eigenvalue weighted by Gasteiger charge is -2.20. The molecular weight excluding hydrogens is 408 g/mol. The summed E-state index contributed by atoms with van der Waals surface area (Å²) in [4.78, 5) is 11.7. The Morgan fingerprint density at radius 2 is 2.06 bits per heavy atom. The van der Waals surface area contributed by atoms with Crippen LogP contribution >= 0.6 is 0 Å². The SMILES string of the molecule is CC(C)OC(=O)CCCC1=CC[C@@H]2[C@@H](C=C[C@@H](O)COc3ccccc3)[C@H](O)C[C@H]2OC1. The van der Waals surface area contributed by atoms with Crippen molar-refractivity contribution in [2.24, 2.45) is 11.8 Å². The summed E-state index contributed by atoms with van der Waals surface area (Å²) in [6.45, 7) is 4.41. The molecular formula is C26H36O6. The third-order valence-electron chi connectivity index (χ3n) is 6.02. The fourth-order valence-corrected chi connectivity index (χ4v) is 4.42. The fourth-order valence-electron chi connectivity index (χ4n) is 4.42. The van der Waals surface area contributed by atoms with Crippen molar-refractivity contribution in [1.82, 2.24) is 0 Å². The zero-order valence-corrected chi connectivity index (χ0v) is 19.1. The average molecular weight is 445 g/mol. The molecule has 0 bridgehead atoms. The van der Waals surface area contributed by atoms with E-state index in [1.54, 1.807) is 6.08 Å². The number of para-hydroxylation sites is 1. The van der Waals surface area contributed by atoms with Crippen molar-refractivity contribution < 1.29 is 29.2 Å². The Bertz CT molecular complexity index is 772. The van der Waals surface area contributed by atoms with Crippen molar-refractivity contribution in [2.75, 3.05) is 13.2 Å². The Kier molecular flexibility index (Phi) is 9.33. The number of benzene rings is 1. The Morgan fingerprint density at radius 1 is 1.28 bits per heavy atom. The molecule has 176 valence electrons. The summed E-state index contributed by atoms with van der Waals surface area (Å²) >= 11 is 0. The zero-order valence-electron chi connectivity index (χ0n) is 19.1. The van der Waals surface area contributed by atoms with Gasteiger partial charge in [-0.15, -0.1) is 0 Å². The van der Waals surface area contributed by atoms with Crippen LogP contribution in [0.5, 0.6) is 5.75 Å². The second-order valence-corrected chi connectivity index (χ2v) is 8.96. The standard InChI is InChI=1S/C26H36O6/c1-18(2)32-26(29)10-6-7-19-11-13-23-22(24(28)15-25(23)31-16-19)14-12-20(27)17-30-21-8-4-3-5-9-21/h3-5,8-9,11-12,14,18,20,22-25,27-28H,6-7,10,13,15-17H2,1-2H3/t20-,22-,23-,24-,25-/m1/s1. The summed E-state index contributed by atoms with van der Waals surface area (Å²) in [6.07, 6.45) is 7.90. The number of hydrogen-bond donors (Lipinski definition) is 2. The number of aliphatic hydroxyl groups is 2. The minimum atomic E-state index is -0.746. The quantitative estimate of drug-likeness (QED) is 0.422. The lowest BCUT2D eigenvalue weighted by atomic mass is 9.89. The van der Waals surface area contributed by atoms with Gasteiger partial charge in [0.1, 0.15) is 18.5 Å². The van der Waals surface area contributed by atoms with E-state index in [0.717, 1.165) is 19.3 Å². The van der Waals surface area contributed by atoms with Gasteiger partial charge >= 0.3 is 5.97 Å². The highest BCUT2D eigenvalue weighted by molar-refractivity contribution is 5.69. The summed E-state index contributed by atoms with van der Waals surface area (Å²) in [5.41, 5.74) is 1.20. The van der Waals surface area contributed by atoms with Crippen molar-refractivity contribution in [2.45, 2.75) is 70.4 Å². The molecule has 6 nitrogen and oxygen atoms in total. The number of allylic oxidation sites excluding steroid dienone is 1. The predicted molar refractivity (Wildman–Crippen MR) is 122 cm³/mol. The topological polar surface area (TPSA) is 85.2 Å². The van der Waals surface area contributed by atoms with E-state index in [9.17, 15) is 15.0 Å². The molecule has 1 heterocycles. The maximum absolute atomic E-state index is 11.7. The third-order valence-corrected chi connectivity index (χ3v) is 6.02. The van der Waals surface area contributed by atoms with Crippen LogP contribution in [-0.4, -0.2) is 53.8 Å². The predicted octanol–water partition coefficient (Wildman–Crippen LogP) is 3.82. The van der Waals surface area contributed by atoms with Crippen molar-refractivity contribution in [1.29, 1.82) is 0 Å². The lowest BCUT2D eigenvalue weighted by molar-refractivity contribution is -0.147. The van der Waals surface area contributed by atoms with Gasteiger partial charge in [-0.25, -0.2) is 0 Å². The Labute approximate surface area is 190 Å². The first-order chi connectivity index (χ1) is 15.4. The number of esters is 1. The lowest BCUT2D eigenvalue weighted by Crippen LogP contribution is -2.22. The third kappa shape index (κ3) is 7.47.